The Morgan fingerprint density at radius 1 is 1.60 bits per heavy atom. The Hall–Kier alpha value is -2.18. The van der Waals surface area contributed by atoms with E-state index in [2.05, 4.69) is 20.4 Å². The lowest BCUT2D eigenvalue weighted by molar-refractivity contribution is -0.137. The van der Waals surface area contributed by atoms with E-state index in [1.807, 2.05) is 0 Å². The fraction of sp³-hybridized carbons (Fsp3) is 0.250. The molecule has 0 fully saturated rings. The lowest BCUT2D eigenvalue weighted by Gasteiger charge is -2.07. The van der Waals surface area contributed by atoms with Crippen LogP contribution in [0.15, 0.2) is 16.9 Å². The van der Waals surface area contributed by atoms with Crippen molar-refractivity contribution in [1.29, 1.82) is 0 Å². The monoisotopic (exact) mass is 208 g/mol. The zero-order valence-corrected chi connectivity index (χ0v) is 7.84. The number of aliphatic carboxylic acids is 1. The minimum Gasteiger partial charge on any atom is -0.480 e. The Morgan fingerprint density at radius 3 is 3.13 bits per heavy atom. The average molecular weight is 208 g/mol. The summed E-state index contributed by atoms with van der Waals surface area (Å²) in [5.74, 6) is -0.732. The van der Waals surface area contributed by atoms with Crippen LogP contribution in [0.25, 0.3) is 11.1 Å². The van der Waals surface area contributed by atoms with Gasteiger partial charge in [0.25, 0.3) is 0 Å². The number of nitrogens with zero attached hydrogens (tertiary/aromatic N) is 3. The fourth-order valence-corrected chi connectivity index (χ4v) is 1.00. The quantitative estimate of drug-likeness (QED) is 0.757. The van der Waals surface area contributed by atoms with Gasteiger partial charge in [-0.05, 0) is 6.92 Å². The first-order valence-electron chi connectivity index (χ1n) is 4.23. The number of nitrogens with one attached hydrogen (secondary N) is 1. The largest absolute Gasteiger partial charge is 0.480 e. The number of carboxylic acids is 1. The van der Waals surface area contributed by atoms with E-state index in [4.69, 9.17) is 9.63 Å². The SMILES string of the molecule is CC(Nc1ncc2oncc2n1)C(=O)O. The molecular formula is C8H8N4O3. The normalized spacial score (nSPS) is 12.6. The standard InChI is InChI=1S/C8H8N4O3/c1-4(7(13)14)11-8-9-3-6-5(12-8)2-10-15-6/h2-4H,1H3,(H,13,14)(H,9,11,12). The van der Waals surface area contributed by atoms with E-state index in [-0.39, 0.29) is 5.95 Å². The summed E-state index contributed by atoms with van der Waals surface area (Å²) in [4.78, 5) is 18.5. The maximum Gasteiger partial charge on any atom is 0.325 e. The fourth-order valence-electron chi connectivity index (χ4n) is 1.00. The van der Waals surface area contributed by atoms with Crippen molar-refractivity contribution in [2.45, 2.75) is 13.0 Å². The molecule has 0 bridgehead atoms. The maximum atomic E-state index is 10.6. The van der Waals surface area contributed by atoms with Gasteiger partial charge in [0, 0.05) is 0 Å². The number of anilines is 1. The van der Waals surface area contributed by atoms with Crippen LogP contribution >= 0.6 is 0 Å². The molecule has 15 heavy (non-hydrogen) atoms. The Labute approximate surface area is 84.1 Å². The van der Waals surface area contributed by atoms with E-state index in [9.17, 15) is 4.79 Å². The molecule has 2 rings (SSSR count). The summed E-state index contributed by atoms with van der Waals surface area (Å²) < 4.78 is 4.81. The minimum atomic E-state index is -0.969. The summed E-state index contributed by atoms with van der Waals surface area (Å²) in [6.45, 7) is 1.50. The zero-order valence-electron chi connectivity index (χ0n) is 7.84. The van der Waals surface area contributed by atoms with E-state index >= 15 is 0 Å². The molecule has 7 nitrogen and oxygen atoms in total. The number of carboxylic acid groups (broad SMARTS) is 1. The lowest BCUT2D eigenvalue weighted by atomic mass is 10.3. The predicted octanol–water partition coefficient (Wildman–Crippen LogP) is 0.503. The third-order valence-electron chi connectivity index (χ3n) is 1.82. The Balaban J connectivity index is 2.24. The Morgan fingerprint density at radius 2 is 2.40 bits per heavy atom. The van der Waals surface area contributed by atoms with Crippen LogP contribution in [0.3, 0.4) is 0 Å². The molecule has 7 heteroatoms. The highest BCUT2D eigenvalue weighted by molar-refractivity contribution is 5.77. The second-order valence-corrected chi connectivity index (χ2v) is 2.97. The molecule has 2 aromatic rings. The van der Waals surface area contributed by atoms with Gasteiger partial charge < -0.3 is 14.9 Å². The minimum absolute atomic E-state index is 0.237. The molecule has 2 N–H and O–H groups in total. The number of rotatable bonds is 3. The van der Waals surface area contributed by atoms with Gasteiger partial charge in [-0.1, -0.05) is 5.16 Å². The van der Waals surface area contributed by atoms with Gasteiger partial charge in [0.05, 0.1) is 12.4 Å². The van der Waals surface area contributed by atoms with Gasteiger partial charge in [0.2, 0.25) is 11.5 Å². The number of hydrogen-bond donors (Lipinski definition) is 2. The molecule has 0 radical (unpaired) electrons. The zero-order chi connectivity index (χ0) is 10.8. The summed E-state index contributed by atoms with van der Waals surface area (Å²) in [5, 5.41) is 14.8. The predicted molar refractivity (Wildman–Crippen MR) is 50.3 cm³/mol. The van der Waals surface area contributed by atoms with Crippen molar-refractivity contribution in [2.75, 3.05) is 5.32 Å². The van der Waals surface area contributed by atoms with Crippen LogP contribution in [0.2, 0.25) is 0 Å². The number of aromatic nitrogens is 3. The van der Waals surface area contributed by atoms with Crippen molar-refractivity contribution in [2.24, 2.45) is 0 Å². The van der Waals surface area contributed by atoms with Gasteiger partial charge in [-0.2, -0.15) is 0 Å². The smallest absolute Gasteiger partial charge is 0.325 e. The highest BCUT2D eigenvalue weighted by atomic mass is 16.5. The van der Waals surface area contributed by atoms with Crippen molar-refractivity contribution >= 4 is 23.0 Å². The van der Waals surface area contributed by atoms with Crippen LogP contribution in [0.4, 0.5) is 5.95 Å². The average Bonchev–Trinajstić information content (AvgIpc) is 2.64. The molecule has 0 aliphatic rings. The first-order chi connectivity index (χ1) is 7.16. The topological polar surface area (TPSA) is 101 Å². The van der Waals surface area contributed by atoms with E-state index in [0.717, 1.165) is 0 Å². The van der Waals surface area contributed by atoms with Crippen LogP contribution in [-0.2, 0) is 4.79 Å². The van der Waals surface area contributed by atoms with Crippen molar-refractivity contribution < 1.29 is 14.4 Å². The Kier molecular flexibility index (Phi) is 2.20. The van der Waals surface area contributed by atoms with Crippen LogP contribution in [0, 0.1) is 0 Å². The highest BCUT2D eigenvalue weighted by Crippen LogP contribution is 2.11. The number of fused-ring (bicyclic) bond motifs is 1. The summed E-state index contributed by atoms with van der Waals surface area (Å²) in [6, 6.07) is -0.748. The maximum absolute atomic E-state index is 10.6. The lowest BCUT2D eigenvalue weighted by Crippen LogP contribution is -2.26. The number of carbonyl (C=O) groups is 1. The number of hydrogen-bond acceptors (Lipinski definition) is 6. The van der Waals surface area contributed by atoms with Crippen LogP contribution in [0.1, 0.15) is 6.92 Å². The molecule has 1 unspecified atom stereocenters. The van der Waals surface area contributed by atoms with Crippen LogP contribution < -0.4 is 5.32 Å². The van der Waals surface area contributed by atoms with Crippen molar-refractivity contribution in [3.8, 4) is 0 Å². The van der Waals surface area contributed by atoms with Gasteiger partial charge in [-0.3, -0.25) is 4.79 Å². The molecule has 0 spiro atoms. The molecular weight excluding hydrogens is 200 g/mol. The third kappa shape index (κ3) is 1.85. The highest BCUT2D eigenvalue weighted by Gasteiger charge is 2.12. The van der Waals surface area contributed by atoms with Gasteiger partial charge in [-0.15, -0.1) is 0 Å². The van der Waals surface area contributed by atoms with Gasteiger partial charge in [0.1, 0.15) is 11.6 Å². The molecule has 0 aromatic carbocycles. The van der Waals surface area contributed by atoms with Crippen LogP contribution in [0.5, 0.6) is 0 Å². The molecule has 2 aromatic heterocycles. The summed E-state index contributed by atoms with van der Waals surface area (Å²) >= 11 is 0. The molecule has 78 valence electrons. The molecule has 0 saturated heterocycles. The van der Waals surface area contributed by atoms with E-state index in [1.54, 1.807) is 0 Å². The Bertz CT molecular complexity index is 495. The van der Waals surface area contributed by atoms with Gasteiger partial charge in [0.15, 0.2) is 0 Å². The third-order valence-corrected chi connectivity index (χ3v) is 1.82. The van der Waals surface area contributed by atoms with Crippen molar-refractivity contribution in [3.63, 3.8) is 0 Å². The molecule has 0 saturated carbocycles. The van der Waals surface area contributed by atoms with Gasteiger partial charge in [-0.25, -0.2) is 9.97 Å². The summed E-state index contributed by atoms with van der Waals surface area (Å²) in [7, 11) is 0. The van der Waals surface area contributed by atoms with Gasteiger partial charge >= 0.3 is 5.97 Å². The molecule has 0 aliphatic heterocycles. The van der Waals surface area contributed by atoms with E-state index < -0.39 is 12.0 Å². The van der Waals surface area contributed by atoms with Crippen molar-refractivity contribution in [3.05, 3.63) is 12.4 Å². The first-order valence-corrected chi connectivity index (χ1v) is 4.23. The van der Waals surface area contributed by atoms with Crippen LogP contribution in [-0.4, -0.2) is 32.2 Å². The second-order valence-electron chi connectivity index (χ2n) is 2.97. The first kappa shape index (κ1) is 9.38. The molecule has 0 aliphatic carbocycles. The second kappa shape index (κ2) is 3.52. The van der Waals surface area contributed by atoms with Crippen molar-refractivity contribution in [1.82, 2.24) is 15.1 Å². The molecule has 1 atom stereocenters. The molecule has 2 heterocycles. The van der Waals surface area contributed by atoms with E-state index in [1.165, 1.54) is 19.3 Å². The van der Waals surface area contributed by atoms with E-state index in [0.29, 0.717) is 11.1 Å². The molecule has 0 amide bonds. The summed E-state index contributed by atoms with van der Waals surface area (Å²) in [5.41, 5.74) is 0.994. The summed E-state index contributed by atoms with van der Waals surface area (Å²) in [6.07, 6.45) is 2.87.